The van der Waals surface area contributed by atoms with Gasteiger partial charge >= 0.3 is 0 Å². The summed E-state index contributed by atoms with van der Waals surface area (Å²) in [6.07, 6.45) is 3.17. The summed E-state index contributed by atoms with van der Waals surface area (Å²) < 4.78 is 5.09. The van der Waals surface area contributed by atoms with Gasteiger partial charge in [-0.25, -0.2) is 0 Å². The number of nitrogen functional groups attached to an aromatic ring is 1. The largest absolute Gasteiger partial charge is 0.495 e. The standard InChI is InChI=1S/C11H16N2O/c1-14-10-3-2-8(6-9(10)12)7-11(13)4-5-11/h2-3,6H,4-5,7,12-13H2,1H3. The van der Waals surface area contributed by atoms with E-state index in [-0.39, 0.29) is 5.54 Å². The van der Waals surface area contributed by atoms with Crippen molar-refractivity contribution in [3.63, 3.8) is 0 Å². The molecule has 0 bridgehead atoms. The summed E-state index contributed by atoms with van der Waals surface area (Å²) in [5, 5.41) is 0. The molecular formula is C11H16N2O. The summed E-state index contributed by atoms with van der Waals surface area (Å²) in [5.74, 6) is 0.732. The molecule has 0 atom stereocenters. The first-order valence-electron chi connectivity index (χ1n) is 4.84. The summed E-state index contributed by atoms with van der Waals surface area (Å²) in [4.78, 5) is 0. The van der Waals surface area contributed by atoms with E-state index < -0.39 is 0 Å². The third-order valence-corrected chi connectivity index (χ3v) is 2.74. The Morgan fingerprint density at radius 3 is 2.64 bits per heavy atom. The minimum Gasteiger partial charge on any atom is -0.495 e. The average molecular weight is 192 g/mol. The topological polar surface area (TPSA) is 61.3 Å². The van der Waals surface area contributed by atoms with Crippen molar-refractivity contribution < 1.29 is 4.74 Å². The third-order valence-electron chi connectivity index (χ3n) is 2.74. The molecular weight excluding hydrogens is 176 g/mol. The molecule has 14 heavy (non-hydrogen) atoms. The van der Waals surface area contributed by atoms with E-state index in [4.69, 9.17) is 16.2 Å². The number of methoxy groups -OCH3 is 1. The van der Waals surface area contributed by atoms with Crippen molar-refractivity contribution in [3.05, 3.63) is 23.8 Å². The van der Waals surface area contributed by atoms with Gasteiger partial charge in [0, 0.05) is 5.54 Å². The van der Waals surface area contributed by atoms with E-state index in [1.807, 2.05) is 18.2 Å². The van der Waals surface area contributed by atoms with Crippen molar-refractivity contribution in [2.24, 2.45) is 5.73 Å². The number of benzene rings is 1. The minimum atomic E-state index is 0.0427. The van der Waals surface area contributed by atoms with Gasteiger partial charge in [0.25, 0.3) is 0 Å². The zero-order valence-electron chi connectivity index (χ0n) is 8.42. The molecule has 0 radical (unpaired) electrons. The van der Waals surface area contributed by atoms with Crippen LogP contribution in [0.4, 0.5) is 5.69 Å². The normalized spacial score (nSPS) is 17.9. The van der Waals surface area contributed by atoms with Gasteiger partial charge in [-0.05, 0) is 37.0 Å². The summed E-state index contributed by atoms with van der Waals surface area (Å²) >= 11 is 0. The lowest BCUT2D eigenvalue weighted by molar-refractivity contribution is 0.417. The van der Waals surface area contributed by atoms with E-state index >= 15 is 0 Å². The van der Waals surface area contributed by atoms with E-state index in [2.05, 4.69) is 0 Å². The zero-order chi connectivity index (χ0) is 10.2. The summed E-state index contributed by atoms with van der Waals surface area (Å²) in [7, 11) is 1.62. The highest BCUT2D eigenvalue weighted by molar-refractivity contribution is 5.54. The first-order chi connectivity index (χ1) is 6.63. The molecule has 1 aliphatic rings. The van der Waals surface area contributed by atoms with Crippen molar-refractivity contribution in [1.82, 2.24) is 0 Å². The number of nitrogens with two attached hydrogens (primary N) is 2. The fourth-order valence-electron chi connectivity index (χ4n) is 1.64. The molecule has 3 heteroatoms. The number of rotatable bonds is 3. The third kappa shape index (κ3) is 1.82. The molecule has 0 heterocycles. The Balaban J connectivity index is 2.15. The molecule has 3 nitrogen and oxygen atoms in total. The highest BCUT2D eigenvalue weighted by Gasteiger charge is 2.37. The lowest BCUT2D eigenvalue weighted by Crippen LogP contribution is -2.24. The molecule has 1 aromatic carbocycles. The Morgan fingerprint density at radius 2 is 2.14 bits per heavy atom. The number of anilines is 1. The van der Waals surface area contributed by atoms with Gasteiger partial charge in [-0.2, -0.15) is 0 Å². The molecule has 0 aliphatic heterocycles. The average Bonchev–Trinajstić information content (AvgIpc) is 2.84. The van der Waals surface area contributed by atoms with Gasteiger partial charge in [-0.3, -0.25) is 0 Å². The lowest BCUT2D eigenvalue weighted by Gasteiger charge is -2.10. The SMILES string of the molecule is COc1ccc(CC2(N)CC2)cc1N. The smallest absolute Gasteiger partial charge is 0.141 e. The minimum absolute atomic E-state index is 0.0427. The van der Waals surface area contributed by atoms with Crippen molar-refractivity contribution in [2.75, 3.05) is 12.8 Å². The van der Waals surface area contributed by atoms with Crippen LogP contribution in [0.1, 0.15) is 18.4 Å². The second-order valence-electron chi connectivity index (χ2n) is 4.12. The molecule has 1 fully saturated rings. The van der Waals surface area contributed by atoms with Crippen LogP contribution in [0.3, 0.4) is 0 Å². The van der Waals surface area contributed by atoms with E-state index in [0.29, 0.717) is 5.69 Å². The van der Waals surface area contributed by atoms with Crippen LogP contribution in [0.2, 0.25) is 0 Å². The molecule has 4 N–H and O–H groups in total. The highest BCUT2D eigenvalue weighted by Crippen LogP contribution is 2.36. The molecule has 0 aromatic heterocycles. The van der Waals surface area contributed by atoms with Crippen LogP contribution in [0.25, 0.3) is 0 Å². The van der Waals surface area contributed by atoms with Crippen molar-refractivity contribution in [1.29, 1.82) is 0 Å². The van der Waals surface area contributed by atoms with Gasteiger partial charge in [0.1, 0.15) is 5.75 Å². The second kappa shape index (κ2) is 3.17. The first-order valence-corrected chi connectivity index (χ1v) is 4.84. The van der Waals surface area contributed by atoms with E-state index in [1.165, 1.54) is 5.56 Å². The van der Waals surface area contributed by atoms with Gasteiger partial charge in [-0.15, -0.1) is 0 Å². The highest BCUT2D eigenvalue weighted by atomic mass is 16.5. The fraction of sp³-hybridized carbons (Fsp3) is 0.455. The molecule has 0 spiro atoms. The fourth-order valence-corrected chi connectivity index (χ4v) is 1.64. The summed E-state index contributed by atoms with van der Waals surface area (Å²) in [5.41, 5.74) is 13.8. The van der Waals surface area contributed by atoms with Gasteiger partial charge in [0.15, 0.2) is 0 Å². The maximum atomic E-state index is 6.03. The summed E-state index contributed by atoms with van der Waals surface area (Å²) in [6, 6.07) is 5.88. The number of hydrogen-bond donors (Lipinski definition) is 2. The van der Waals surface area contributed by atoms with E-state index in [1.54, 1.807) is 7.11 Å². The monoisotopic (exact) mass is 192 g/mol. The van der Waals surface area contributed by atoms with Crippen LogP contribution in [-0.2, 0) is 6.42 Å². The lowest BCUT2D eigenvalue weighted by atomic mass is 10.0. The molecule has 1 saturated carbocycles. The molecule has 76 valence electrons. The Labute approximate surface area is 84.0 Å². The van der Waals surface area contributed by atoms with Crippen molar-refractivity contribution in [2.45, 2.75) is 24.8 Å². The maximum absolute atomic E-state index is 6.03. The van der Waals surface area contributed by atoms with Crippen molar-refractivity contribution in [3.8, 4) is 5.75 Å². The van der Waals surface area contributed by atoms with E-state index in [0.717, 1.165) is 25.0 Å². The van der Waals surface area contributed by atoms with Crippen LogP contribution in [0, 0.1) is 0 Å². The van der Waals surface area contributed by atoms with E-state index in [9.17, 15) is 0 Å². The van der Waals surface area contributed by atoms with Crippen LogP contribution < -0.4 is 16.2 Å². The van der Waals surface area contributed by atoms with Gasteiger partial charge in [0.05, 0.1) is 12.8 Å². The quantitative estimate of drug-likeness (QED) is 0.710. The molecule has 0 amide bonds. The van der Waals surface area contributed by atoms with Crippen LogP contribution >= 0.6 is 0 Å². The Hall–Kier alpha value is -1.22. The molecule has 0 unspecified atom stereocenters. The zero-order valence-corrected chi connectivity index (χ0v) is 8.42. The van der Waals surface area contributed by atoms with Crippen LogP contribution in [0.5, 0.6) is 5.75 Å². The Kier molecular flexibility index (Phi) is 2.11. The van der Waals surface area contributed by atoms with Crippen LogP contribution in [0.15, 0.2) is 18.2 Å². The maximum Gasteiger partial charge on any atom is 0.141 e. The Morgan fingerprint density at radius 1 is 1.43 bits per heavy atom. The van der Waals surface area contributed by atoms with Gasteiger partial charge in [0.2, 0.25) is 0 Å². The number of hydrogen-bond acceptors (Lipinski definition) is 3. The predicted octanol–water partition coefficient (Wildman–Crippen LogP) is 1.31. The predicted molar refractivity (Wildman–Crippen MR) is 57.3 cm³/mol. The Bertz CT molecular complexity index is 345. The first kappa shape index (κ1) is 9.34. The summed E-state index contributed by atoms with van der Waals surface area (Å²) in [6.45, 7) is 0. The van der Waals surface area contributed by atoms with Crippen LogP contribution in [-0.4, -0.2) is 12.6 Å². The molecule has 1 aromatic rings. The molecule has 0 saturated heterocycles. The van der Waals surface area contributed by atoms with Crippen molar-refractivity contribution >= 4 is 5.69 Å². The van der Waals surface area contributed by atoms with Gasteiger partial charge in [-0.1, -0.05) is 6.07 Å². The van der Waals surface area contributed by atoms with Gasteiger partial charge < -0.3 is 16.2 Å². The second-order valence-corrected chi connectivity index (χ2v) is 4.12. The number of ether oxygens (including phenoxy) is 1. The molecule has 2 rings (SSSR count). The molecule has 1 aliphatic carbocycles.